The maximum atomic E-state index is 12.9. The Balaban J connectivity index is 0.000000347. The number of fused-ring (bicyclic) bond motifs is 2. The second-order valence-electron chi connectivity index (χ2n) is 9.00. The minimum absolute atomic E-state index is 0.124. The predicted molar refractivity (Wildman–Crippen MR) is 141 cm³/mol. The summed E-state index contributed by atoms with van der Waals surface area (Å²) in [5.41, 5.74) is 7.23. The topological polar surface area (TPSA) is 74.4 Å². The summed E-state index contributed by atoms with van der Waals surface area (Å²) in [6.07, 6.45) is 7.85. The van der Waals surface area contributed by atoms with Gasteiger partial charge in [-0.25, -0.2) is 0 Å². The molecular formula is C30H30N2O3. The summed E-state index contributed by atoms with van der Waals surface area (Å²) in [6.45, 7) is 5.70. The Kier molecular flexibility index (Phi) is 7.24. The minimum Gasteiger partial charge on any atom is -0.489 e. The van der Waals surface area contributed by atoms with Crippen LogP contribution in [0.3, 0.4) is 0 Å². The molecule has 0 radical (unpaired) electrons. The molecule has 2 aromatic carbocycles. The third-order valence-electron chi connectivity index (χ3n) is 5.79. The summed E-state index contributed by atoms with van der Waals surface area (Å²) >= 11 is 0. The number of aliphatic hydroxyl groups excluding tert-OH is 1. The Hall–Kier alpha value is -4.01. The van der Waals surface area contributed by atoms with E-state index in [2.05, 4.69) is 41.3 Å². The van der Waals surface area contributed by atoms with Crippen LogP contribution in [0.2, 0.25) is 0 Å². The largest absolute Gasteiger partial charge is 0.489 e. The lowest BCUT2D eigenvalue weighted by Crippen LogP contribution is -2.39. The first kappa shape index (κ1) is 24.1. The van der Waals surface area contributed by atoms with Gasteiger partial charge in [-0.1, -0.05) is 42.3 Å². The van der Waals surface area contributed by atoms with Crippen molar-refractivity contribution >= 4 is 16.8 Å². The third kappa shape index (κ3) is 5.74. The average molecular weight is 467 g/mol. The van der Waals surface area contributed by atoms with Crippen molar-refractivity contribution in [2.45, 2.75) is 39.3 Å². The van der Waals surface area contributed by atoms with Gasteiger partial charge in [-0.15, -0.1) is 6.42 Å². The normalized spacial score (nSPS) is 11.9. The van der Waals surface area contributed by atoms with E-state index < -0.39 is 6.04 Å². The summed E-state index contributed by atoms with van der Waals surface area (Å²) in [5, 5.41) is 13.8. The summed E-state index contributed by atoms with van der Waals surface area (Å²) < 4.78 is 5.80. The van der Waals surface area contributed by atoms with E-state index in [-0.39, 0.29) is 18.6 Å². The maximum absolute atomic E-state index is 12.9. The van der Waals surface area contributed by atoms with E-state index in [4.69, 9.17) is 11.2 Å². The van der Waals surface area contributed by atoms with Gasteiger partial charge in [0, 0.05) is 17.1 Å². The van der Waals surface area contributed by atoms with Gasteiger partial charge in [0.05, 0.1) is 29.9 Å². The fourth-order valence-electron chi connectivity index (χ4n) is 4.10. The number of aromatic amines is 1. The number of aryl methyl sites for hydroxylation is 1. The number of carbonyl (C=O) groups is 1. The molecule has 2 aliphatic carbocycles. The molecule has 0 unspecified atom stereocenters. The van der Waals surface area contributed by atoms with E-state index in [1.54, 1.807) is 18.2 Å². The van der Waals surface area contributed by atoms with Gasteiger partial charge < -0.3 is 20.1 Å². The van der Waals surface area contributed by atoms with Gasteiger partial charge in [-0.3, -0.25) is 4.79 Å². The van der Waals surface area contributed by atoms with E-state index >= 15 is 0 Å². The second kappa shape index (κ2) is 10.5. The number of aromatic nitrogens is 1. The van der Waals surface area contributed by atoms with E-state index in [1.807, 2.05) is 44.3 Å². The Morgan fingerprint density at radius 1 is 1.11 bits per heavy atom. The number of rotatable bonds is 7. The lowest BCUT2D eigenvalue weighted by atomic mass is 10.0. The van der Waals surface area contributed by atoms with E-state index in [0.717, 1.165) is 16.5 Å². The Labute approximate surface area is 206 Å². The van der Waals surface area contributed by atoms with Gasteiger partial charge in [0.2, 0.25) is 0 Å². The lowest BCUT2D eigenvalue weighted by molar-refractivity contribution is 0.0910. The number of carbonyl (C=O) groups excluding carboxylic acids is 1. The Morgan fingerprint density at radius 3 is 2.49 bits per heavy atom. The van der Waals surface area contributed by atoms with Gasteiger partial charge in [-0.05, 0) is 73.7 Å². The molecule has 3 aromatic rings. The zero-order valence-corrected chi connectivity index (χ0v) is 20.3. The standard InChI is InChI=1S/C23H24N2O3.C7H6/c1-4-16-8-7-10-20(22(16)28-15(2)3)23(27)25-18(14-26)12-17-13-24-21-11-6-5-9-19(17)21;1-5-2-6-4-7(6)3-5/h1,5-11,13,15,18,24,26H,12,14H2,2-3H3,(H,25,27);2-4H,1H3/t18-;/m1./s1. The number of para-hydroxylation sites is 2. The van der Waals surface area contributed by atoms with Gasteiger partial charge in [0.25, 0.3) is 5.91 Å². The zero-order valence-electron chi connectivity index (χ0n) is 20.3. The van der Waals surface area contributed by atoms with Crippen molar-refractivity contribution in [3.8, 4) is 29.2 Å². The number of nitrogens with one attached hydrogen (secondary N) is 2. The summed E-state index contributed by atoms with van der Waals surface area (Å²) in [4.78, 5) is 16.1. The van der Waals surface area contributed by atoms with Crippen molar-refractivity contribution in [2.24, 2.45) is 0 Å². The van der Waals surface area contributed by atoms with Crippen LogP contribution in [0.25, 0.3) is 22.0 Å². The van der Waals surface area contributed by atoms with Crippen molar-refractivity contribution in [2.75, 3.05) is 6.61 Å². The molecule has 35 heavy (non-hydrogen) atoms. The van der Waals surface area contributed by atoms with Crippen LogP contribution in [0.1, 0.15) is 40.9 Å². The SMILES string of the molecule is C#Cc1cccc(C(=O)N[C@@H](CO)Cc2c[nH]c3ccccc23)c1OC(C)C.Cc1cc2cc-2c1. The number of benzene rings is 3. The number of H-pyrrole nitrogens is 1. The monoisotopic (exact) mass is 466 g/mol. The van der Waals surface area contributed by atoms with Crippen molar-refractivity contribution < 1.29 is 14.6 Å². The van der Waals surface area contributed by atoms with Gasteiger partial charge in [0.1, 0.15) is 5.75 Å². The van der Waals surface area contributed by atoms with Crippen LogP contribution in [0.5, 0.6) is 5.75 Å². The molecule has 0 saturated heterocycles. The van der Waals surface area contributed by atoms with Crippen LogP contribution in [-0.4, -0.2) is 34.8 Å². The molecule has 2 aliphatic rings. The molecule has 1 atom stereocenters. The third-order valence-corrected chi connectivity index (χ3v) is 5.79. The predicted octanol–water partition coefficient (Wildman–Crippen LogP) is 5.25. The highest BCUT2D eigenvalue weighted by Gasteiger charge is 2.20. The number of terminal acetylenes is 1. The summed E-state index contributed by atoms with van der Waals surface area (Å²) in [5.74, 6) is 2.62. The first-order valence-electron chi connectivity index (χ1n) is 11.7. The highest BCUT2D eigenvalue weighted by Crippen LogP contribution is 2.35. The molecule has 1 heterocycles. The molecular weight excluding hydrogens is 436 g/mol. The quantitative estimate of drug-likeness (QED) is 0.287. The molecule has 0 spiro atoms. The van der Waals surface area contributed by atoms with E-state index in [9.17, 15) is 9.90 Å². The molecule has 1 aromatic heterocycles. The number of hydrogen-bond donors (Lipinski definition) is 3. The molecule has 3 N–H and O–H groups in total. The van der Waals surface area contributed by atoms with E-state index in [1.165, 1.54) is 16.7 Å². The number of hydrogen-bond acceptors (Lipinski definition) is 3. The fraction of sp³-hybridized carbons (Fsp3) is 0.233. The van der Waals surface area contributed by atoms with Crippen molar-refractivity contribution in [3.05, 3.63) is 89.1 Å². The molecule has 5 nitrogen and oxygen atoms in total. The maximum Gasteiger partial charge on any atom is 0.255 e. The molecule has 0 fully saturated rings. The molecule has 5 rings (SSSR count). The Morgan fingerprint density at radius 2 is 1.86 bits per heavy atom. The van der Waals surface area contributed by atoms with Crippen LogP contribution in [0.15, 0.2) is 66.9 Å². The fourth-order valence-corrected chi connectivity index (χ4v) is 4.10. The van der Waals surface area contributed by atoms with Crippen molar-refractivity contribution in [1.82, 2.24) is 10.3 Å². The average Bonchev–Trinajstić information content (AvgIpc) is 3.26. The van der Waals surface area contributed by atoms with Gasteiger partial charge in [-0.2, -0.15) is 0 Å². The lowest BCUT2D eigenvalue weighted by Gasteiger charge is -2.19. The second-order valence-corrected chi connectivity index (χ2v) is 9.00. The number of amides is 1. The molecule has 5 heteroatoms. The van der Waals surface area contributed by atoms with Crippen LogP contribution >= 0.6 is 0 Å². The molecule has 0 bridgehead atoms. The summed E-state index contributed by atoms with van der Waals surface area (Å²) in [6, 6.07) is 19.2. The summed E-state index contributed by atoms with van der Waals surface area (Å²) in [7, 11) is 0. The van der Waals surface area contributed by atoms with E-state index in [0.29, 0.717) is 23.3 Å². The first-order chi connectivity index (χ1) is 16.9. The number of aliphatic hydroxyl groups is 1. The molecule has 0 aliphatic heterocycles. The Bertz CT molecular complexity index is 1370. The van der Waals surface area contributed by atoms with Crippen LogP contribution < -0.4 is 10.1 Å². The highest BCUT2D eigenvalue weighted by molar-refractivity contribution is 5.98. The molecule has 1 amide bonds. The minimum atomic E-state index is -0.437. The van der Waals surface area contributed by atoms with Gasteiger partial charge in [0.15, 0.2) is 0 Å². The zero-order chi connectivity index (χ0) is 24.9. The smallest absolute Gasteiger partial charge is 0.255 e. The van der Waals surface area contributed by atoms with Crippen LogP contribution in [-0.2, 0) is 6.42 Å². The van der Waals surface area contributed by atoms with Gasteiger partial charge >= 0.3 is 0 Å². The number of ether oxygens (including phenoxy) is 1. The molecule has 0 saturated carbocycles. The highest BCUT2D eigenvalue weighted by atomic mass is 16.5. The molecule has 178 valence electrons. The van der Waals surface area contributed by atoms with Crippen LogP contribution in [0.4, 0.5) is 0 Å². The first-order valence-corrected chi connectivity index (χ1v) is 11.7. The van der Waals surface area contributed by atoms with Crippen LogP contribution in [0, 0.1) is 19.3 Å². The van der Waals surface area contributed by atoms with Crippen molar-refractivity contribution in [3.63, 3.8) is 0 Å². The van der Waals surface area contributed by atoms with Crippen molar-refractivity contribution in [1.29, 1.82) is 0 Å².